The van der Waals surface area contributed by atoms with Crippen LogP contribution in [-0.4, -0.2) is 59.3 Å². The molecule has 0 bridgehead atoms. The third-order valence-corrected chi connectivity index (χ3v) is 3.89. The average molecular weight is 285 g/mol. The van der Waals surface area contributed by atoms with E-state index in [0.29, 0.717) is 31.3 Å². The molecule has 1 fully saturated rings. The van der Waals surface area contributed by atoms with Crippen molar-refractivity contribution in [1.29, 1.82) is 0 Å². The van der Waals surface area contributed by atoms with Crippen molar-refractivity contribution in [3.05, 3.63) is 11.6 Å². The van der Waals surface area contributed by atoms with E-state index in [0.717, 1.165) is 6.54 Å². The summed E-state index contributed by atoms with van der Waals surface area (Å²) in [7, 11) is 0. The minimum Gasteiger partial charge on any atom is -0.389 e. The van der Waals surface area contributed by atoms with Gasteiger partial charge in [0.05, 0.1) is 25.4 Å². The fourth-order valence-electron chi connectivity index (χ4n) is 2.15. The van der Waals surface area contributed by atoms with Crippen LogP contribution in [0.4, 0.5) is 5.13 Å². The molecular formula is C12H19N3O3S. The number of ether oxygens (including phenoxy) is 1. The van der Waals surface area contributed by atoms with Crippen LogP contribution in [0.2, 0.25) is 0 Å². The summed E-state index contributed by atoms with van der Waals surface area (Å²) in [6.45, 7) is 4.33. The Hall–Kier alpha value is -1.02. The number of carbonyl (C=O) groups excluding carboxylic acids is 1. The minimum absolute atomic E-state index is 0.00216. The van der Waals surface area contributed by atoms with Gasteiger partial charge in [-0.15, -0.1) is 11.3 Å². The third kappa shape index (κ3) is 3.97. The van der Waals surface area contributed by atoms with E-state index in [-0.39, 0.29) is 11.9 Å². The number of hydrogen-bond acceptors (Lipinski definition) is 6. The standard InChI is InChI=1S/C12H19N3O3S/c1-2-15(9-7-18-8-10(9)16)5-3-11(17)14-12-13-4-6-19-12/h4,6,9-10,16H,2-3,5,7-8H2,1H3,(H,13,14,17)/t9-,10-/m0/s1. The molecule has 1 aliphatic rings. The SMILES string of the molecule is CCN(CCC(=O)Nc1nccs1)[C@H]1COC[C@@H]1O. The van der Waals surface area contributed by atoms with E-state index < -0.39 is 6.10 Å². The Bertz CT molecular complexity index is 399. The van der Waals surface area contributed by atoms with E-state index in [1.165, 1.54) is 11.3 Å². The largest absolute Gasteiger partial charge is 0.389 e. The van der Waals surface area contributed by atoms with Crippen LogP contribution in [0.1, 0.15) is 13.3 Å². The van der Waals surface area contributed by atoms with Gasteiger partial charge in [0.25, 0.3) is 0 Å². The molecule has 19 heavy (non-hydrogen) atoms. The number of nitrogens with zero attached hydrogens (tertiary/aromatic N) is 2. The monoisotopic (exact) mass is 285 g/mol. The number of aliphatic hydroxyl groups excluding tert-OH is 1. The lowest BCUT2D eigenvalue weighted by atomic mass is 10.1. The summed E-state index contributed by atoms with van der Waals surface area (Å²) in [6, 6.07) is -0.00216. The van der Waals surface area contributed by atoms with Crippen LogP contribution in [0.15, 0.2) is 11.6 Å². The van der Waals surface area contributed by atoms with Crippen LogP contribution < -0.4 is 5.32 Å². The first kappa shape index (κ1) is 14.4. The van der Waals surface area contributed by atoms with Crippen LogP contribution in [0, 0.1) is 0 Å². The van der Waals surface area contributed by atoms with Gasteiger partial charge in [-0.05, 0) is 6.54 Å². The highest BCUT2D eigenvalue weighted by atomic mass is 32.1. The predicted molar refractivity (Wildman–Crippen MR) is 73.2 cm³/mol. The topological polar surface area (TPSA) is 74.7 Å². The minimum atomic E-state index is -0.457. The van der Waals surface area contributed by atoms with Gasteiger partial charge in [0.2, 0.25) is 5.91 Å². The summed E-state index contributed by atoms with van der Waals surface area (Å²) < 4.78 is 5.24. The summed E-state index contributed by atoms with van der Waals surface area (Å²) in [5, 5.41) is 15.0. The molecule has 106 valence electrons. The molecule has 1 saturated heterocycles. The molecule has 7 heteroatoms. The van der Waals surface area contributed by atoms with Crippen LogP contribution in [0.25, 0.3) is 0 Å². The van der Waals surface area contributed by atoms with Crippen molar-refractivity contribution in [2.24, 2.45) is 0 Å². The molecule has 2 heterocycles. The molecule has 0 aliphatic carbocycles. The second kappa shape index (κ2) is 6.95. The summed E-state index contributed by atoms with van der Waals surface area (Å²) in [6.07, 6.45) is 1.59. The molecular weight excluding hydrogens is 266 g/mol. The van der Waals surface area contributed by atoms with E-state index in [9.17, 15) is 9.90 Å². The number of aromatic nitrogens is 1. The van der Waals surface area contributed by atoms with Crippen molar-refractivity contribution in [2.45, 2.75) is 25.5 Å². The van der Waals surface area contributed by atoms with Gasteiger partial charge in [0.15, 0.2) is 5.13 Å². The highest BCUT2D eigenvalue weighted by Crippen LogP contribution is 2.14. The highest BCUT2D eigenvalue weighted by molar-refractivity contribution is 7.13. The molecule has 0 unspecified atom stereocenters. The van der Waals surface area contributed by atoms with Gasteiger partial charge in [0, 0.05) is 24.5 Å². The lowest BCUT2D eigenvalue weighted by Gasteiger charge is -2.28. The molecule has 6 nitrogen and oxygen atoms in total. The fourth-order valence-corrected chi connectivity index (χ4v) is 2.70. The quantitative estimate of drug-likeness (QED) is 0.798. The van der Waals surface area contributed by atoms with E-state index >= 15 is 0 Å². The zero-order valence-corrected chi connectivity index (χ0v) is 11.7. The van der Waals surface area contributed by atoms with E-state index in [1.54, 1.807) is 6.20 Å². The second-order valence-corrected chi connectivity index (χ2v) is 5.33. The molecule has 1 aromatic rings. The Balaban J connectivity index is 1.77. The maximum absolute atomic E-state index is 11.8. The summed E-state index contributed by atoms with van der Waals surface area (Å²) in [5.74, 6) is -0.0539. The Kier molecular flexibility index (Phi) is 5.26. The van der Waals surface area contributed by atoms with Crippen LogP contribution in [0.3, 0.4) is 0 Å². The van der Waals surface area contributed by atoms with Crippen LogP contribution >= 0.6 is 11.3 Å². The molecule has 2 rings (SSSR count). The Morgan fingerprint density at radius 2 is 2.53 bits per heavy atom. The van der Waals surface area contributed by atoms with Crippen molar-refractivity contribution < 1.29 is 14.6 Å². The zero-order chi connectivity index (χ0) is 13.7. The molecule has 1 amide bonds. The van der Waals surface area contributed by atoms with Crippen molar-refractivity contribution >= 4 is 22.4 Å². The van der Waals surface area contributed by atoms with Gasteiger partial charge in [-0.1, -0.05) is 6.92 Å². The first-order valence-electron chi connectivity index (χ1n) is 6.40. The summed E-state index contributed by atoms with van der Waals surface area (Å²) >= 11 is 1.40. The predicted octanol–water partition coefficient (Wildman–Crippen LogP) is 0.553. The fraction of sp³-hybridized carbons (Fsp3) is 0.667. The van der Waals surface area contributed by atoms with Gasteiger partial charge >= 0.3 is 0 Å². The Morgan fingerprint density at radius 1 is 1.68 bits per heavy atom. The lowest BCUT2D eigenvalue weighted by Crippen LogP contribution is -2.44. The van der Waals surface area contributed by atoms with Gasteiger partial charge in [0.1, 0.15) is 0 Å². The summed E-state index contributed by atoms with van der Waals surface area (Å²) in [4.78, 5) is 17.9. The second-order valence-electron chi connectivity index (χ2n) is 4.44. The van der Waals surface area contributed by atoms with Gasteiger partial charge in [-0.3, -0.25) is 9.69 Å². The molecule has 2 atom stereocenters. The van der Waals surface area contributed by atoms with E-state index in [1.807, 2.05) is 12.3 Å². The summed E-state index contributed by atoms with van der Waals surface area (Å²) in [5.41, 5.74) is 0. The van der Waals surface area contributed by atoms with Gasteiger partial charge < -0.3 is 15.2 Å². The molecule has 0 radical (unpaired) electrons. The molecule has 1 aromatic heterocycles. The number of hydrogen-bond donors (Lipinski definition) is 2. The number of amides is 1. The number of thiazole rings is 1. The first-order valence-corrected chi connectivity index (χ1v) is 7.28. The van der Waals surface area contributed by atoms with Crippen molar-refractivity contribution in [3.63, 3.8) is 0 Å². The number of anilines is 1. The number of likely N-dealkylation sites (N-methyl/N-ethyl adjacent to an activating group) is 1. The van der Waals surface area contributed by atoms with Gasteiger partial charge in [-0.2, -0.15) is 0 Å². The maximum atomic E-state index is 11.8. The first-order chi connectivity index (χ1) is 9.20. The number of nitrogens with one attached hydrogen (secondary N) is 1. The van der Waals surface area contributed by atoms with Crippen molar-refractivity contribution in [2.75, 3.05) is 31.6 Å². The number of aliphatic hydroxyl groups is 1. The average Bonchev–Trinajstić information content (AvgIpc) is 3.03. The molecule has 1 aliphatic heterocycles. The lowest BCUT2D eigenvalue weighted by molar-refractivity contribution is -0.116. The van der Waals surface area contributed by atoms with Crippen molar-refractivity contribution in [3.8, 4) is 0 Å². The maximum Gasteiger partial charge on any atom is 0.227 e. The molecule has 0 aromatic carbocycles. The molecule has 0 saturated carbocycles. The van der Waals surface area contributed by atoms with Gasteiger partial charge in [-0.25, -0.2) is 4.98 Å². The number of carbonyl (C=O) groups is 1. The van der Waals surface area contributed by atoms with Crippen molar-refractivity contribution in [1.82, 2.24) is 9.88 Å². The zero-order valence-electron chi connectivity index (χ0n) is 10.9. The number of rotatable bonds is 6. The van der Waals surface area contributed by atoms with E-state index in [4.69, 9.17) is 4.74 Å². The Morgan fingerprint density at radius 3 is 3.11 bits per heavy atom. The smallest absolute Gasteiger partial charge is 0.227 e. The van der Waals surface area contributed by atoms with E-state index in [2.05, 4.69) is 15.2 Å². The van der Waals surface area contributed by atoms with Crippen LogP contribution in [0.5, 0.6) is 0 Å². The van der Waals surface area contributed by atoms with Crippen LogP contribution in [-0.2, 0) is 9.53 Å². The third-order valence-electron chi connectivity index (χ3n) is 3.20. The molecule has 2 N–H and O–H groups in total. The highest BCUT2D eigenvalue weighted by Gasteiger charge is 2.30. The normalized spacial score (nSPS) is 22.9. The molecule has 0 spiro atoms. The Labute approximate surface area is 116 Å².